The number of aliphatic hydroxyl groups is 1. The lowest BCUT2D eigenvalue weighted by Gasteiger charge is -2.12. The Hall–Kier alpha value is -1.26. The molecular weight excluding hydrogens is 192 g/mol. The monoisotopic (exact) mass is 206 g/mol. The van der Waals surface area contributed by atoms with E-state index in [0.717, 1.165) is 13.0 Å². The maximum Gasteiger partial charge on any atom is 0.195 e. The number of Topliss-reactive ketones (excluding diaryl/α,β-unsaturated/α-hetero) is 1. The Balaban J connectivity index is 1.93. The van der Waals surface area contributed by atoms with Crippen LogP contribution in [0, 0.1) is 0 Å². The lowest BCUT2D eigenvalue weighted by molar-refractivity contribution is 0.0930. The molecule has 15 heavy (non-hydrogen) atoms. The molecule has 2 heterocycles. The number of aromatic nitrogens is 1. The maximum atomic E-state index is 11.7. The van der Waals surface area contributed by atoms with Gasteiger partial charge in [0.15, 0.2) is 5.78 Å². The number of hydrogen-bond acceptors (Lipinski definition) is 4. The van der Waals surface area contributed by atoms with Gasteiger partial charge in [-0.15, -0.1) is 0 Å². The highest BCUT2D eigenvalue weighted by atomic mass is 16.3. The van der Waals surface area contributed by atoms with Crippen molar-refractivity contribution in [3.8, 4) is 0 Å². The fourth-order valence-electron chi connectivity index (χ4n) is 1.77. The molecule has 4 heteroatoms. The van der Waals surface area contributed by atoms with Crippen molar-refractivity contribution < 1.29 is 9.90 Å². The first-order valence-corrected chi connectivity index (χ1v) is 5.10. The van der Waals surface area contributed by atoms with Crippen LogP contribution in [-0.4, -0.2) is 46.5 Å². The third kappa shape index (κ3) is 2.61. The van der Waals surface area contributed by atoms with Gasteiger partial charge in [0.05, 0.1) is 12.6 Å². The Bertz CT molecular complexity index is 340. The van der Waals surface area contributed by atoms with E-state index in [1.54, 1.807) is 24.4 Å². The fraction of sp³-hybridized carbons (Fsp3) is 0.455. The second kappa shape index (κ2) is 4.51. The van der Waals surface area contributed by atoms with E-state index in [4.69, 9.17) is 0 Å². The molecule has 1 aromatic heterocycles. The van der Waals surface area contributed by atoms with Gasteiger partial charge in [0, 0.05) is 19.3 Å². The third-order valence-corrected chi connectivity index (χ3v) is 2.57. The van der Waals surface area contributed by atoms with Gasteiger partial charge in [-0.1, -0.05) is 6.07 Å². The van der Waals surface area contributed by atoms with Crippen LogP contribution in [0.15, 0.2) is 24.4 Å². The first kappa shape index (κ1) is 10.3. The van der Waals surface area contributed by atoms with Crippen molar-refractivity contribution in [2.45, 2.75) is 12.5 Å². The molecule has 1 aliphatic heterocycles. The lowest BCUT2D eigenvalue weighted by atomic mass is 10.2. The van der Waals surface area contributed by atoms with E-state index in [-0.39, 0.29) is 11.9 Å². The van der Waals surface area contributed by atoms with Gasteiger partial charge in [-0.2, -0.15) is 0 Å². The van der Waals surface area contributed by atoms with Gasteiger partial charge in [-0.3, -0.25) is 14.7 Å². The highest BCUT2D eigenvalue weighted by molar-refractivity contribution is 5.95. The zero-order valence-electron chi connectivity index (χ0n) is 8.47. The van der Waals surface area contributed by atoms with Gasteiger partial charge in [0.2, 0.25) is 0 Å². The SMILES string of the molecule is O=C(CN1CC[C@@H](O)C1)c1ccccn1. The predicted octanol–water partition coefficient (Wildman–Crippen LogP) is 0.331. The molecule has 0 unspecified atom stereocenters. The lowest BCUT2D eigenvalue weighted by Crippen LogP contribution is -2.29. The van der Waals surface area contributed by atoms with Crippen LogP contribution >= 0.6 is 0 Å². The molecule has 1 fully saturated rings. The van der Waals surface area contributed by atoms with E-state index >= 15 is 0 Å². The predicted molar refractivity (Wildman–Crippen MR) is 55.6 cm³/mol. The van der Waals surface area contributed by atoms with Crippen molar-refractivity contribution in [3.05, 3.63) is 30.1 Å². The topological polar surface area (TPSA) is 53.4 Å². The highest BCUT2D eigenvalue weighted by Crippen LogP contribution is 2.09. The number of rotatable bonds is 3. The van der Waals surface area contributed by atoms with Crippen molar-refractivity contribution in [1.29, 1.82) is 0 Å². The number of β-amino-alcohol motifs (C(OH)–C–C–N with tert-alkyl or cyclic N) is 1. The summed E-state index contributed by atoms with van der Waals surface area (Å²) in [7, 11) is 0. The number of hydrogen-bond donors (Lipinski definition) is 1. The average molecular weight is 206 g/mol. The number of pyridine rings is 1. The minimum atomic E-state index is -0.276. The molecule has 4 nitrogen and oxygen atoms in total. The minimum Gasteiger partial charge on any atom is -0.392 e. The smallest absolute Gasteiger partial charge is 0.195 e. The molecule has 2 rings (SSSR count). The number of ketones is 1. The molecule has 0 bridgehead atoms. The highest BCUT2D eigenvalue weighted by Gasteiger charge is 2.22. The van der Waals surface area contributed by atoms with Crippen molar-refractivity contribution >= 4 is 5.78 Å². The summed E-state index contributed by atoms with van der Waals surface area (Å²) in [5.74, 6) is 0.0182. The molecule has 1 aromatic rings. The normalized spacial score (nSPS) is 21.8. The second-order valence-electron chi connectivity index (χ2n) is 3.82. The molecule has 0 amide bonds. The summed E-state index contributed by atoms with van der Waals surface area (Å²) >= 11 is 0. The van der Waals surface area contributed by atoms with Gasteiger partial charge >= 0.3 is 0 Å². The summed E-state index contributed by atoms with van der Waals surface area (Å²) in [5, 5.41) is 9.31. The maximum absolute atomic E-state index is 11.7. The number of aliphatic hydroxyl groups excluding tert-OH is 1. The molecule has 0 radical (unpaired) electrons. The summed E-state index contributed by atoms with van der Waals surface area (Å²) in [4.78, 5) is 17.7. The average Bonchev–Trinajstić information content (AvgIpc) is 2.65. The van der Waals surface area contributed by atoms with Gasteiger partial charge in [-0.25, -0.2) is 0 Å². The molecule has 1 N–H and O–H groups in total. The van der Waals surface area contributed by atoms with Crippen molar-refractivity contribution in [2.75, 3.05) is 19.6 Å². The number of carbonyl (C=O) groups is 1. The molecular formula is C11H14N2O2. The van der Waals surface area contributed by atoms with E-state index in [1.807, 2.05) is 4.90 Å². The second-order valence-corrected chi connectivity index (χ2v) is 3.82. The molecule has 0 aromatic carbocycles. The van der Waals surface area contributed by atoms with E-state index < -0.39 is 0 Å². The first-order chi connectivity index (χ1) is 7.25. The van der Waals surface area contributed by atoms with Crippen molar-refractivity contribution in [1.82, 2.24) is 9.88 Å². The van der Waals surface area contributed by atoms with Gasteiger partial charge in [-0.05, 0) is 18.6 Å². The molecule has 1 atom stereocenters. The summed E-state index contributed by atoms with van der Waals surface area (Å²) in [6.07, 6.45) is 2.10. The largest absolute Gasteiger partial charge is 0.392 e. The Morgan fingerprint density at radius 3 is 3.07 bits per heavy atom. The fourth-order valence-corrected chi connectivity index (χ4v) is 1.77. The summed E-state index contributed by atoms with van der Waals surface area (Å²) in [6, 6.07) is 5.31. The summed E-state index contributed by atoms with van der Waals surface area (Å²) in [6.45, 7) is 1.74. The van der Waals surface area contributed by atoms with Crippen LogP contribution in [-0.2, 0) is 0 Å². The van der Waals surface area contributed by atoms with Crippen LogP contribution in [0.3, 0.4) is 0 Å². The van der Waals surface area contributed by atoms with Crippen LogP contribution < -0.4 is 0 Å². The van der Waals surface area contributed by atoms with Crippen molar-refractivity contribution in [2.24, 2.45) is 0 Å². The third-order valence-electron chi connectivity index (χ3n) is 2.57. The van der Waals surface area contributed by atoms with Gasteiger partial charge < -0.3 is 5.11 Å². The summed E-state index contributed by atoms with van der Waals surface area (Å²) in [5.41, 5.74) is 0.499. The van der Waals surface area contributed by atoms with Gasteiger partial charge in [0.25, 0.3) is 0 Å². The molecule has 80 valence electrons. The van der Waals surface area contributed by atoms with E-state index in [1.165, 1.54) is 0 Å². The van der Waals surface area contributed by atoms with Crippen LogP contribution in [0.4, 0.5) is 0 Å². The Morgan fingerprint density at radius 2 is 2.47 bits per heavy atom. The summed E-state index contributed by atoms with van der Waals surface area (Å²) < 4.78 is 0. The Labute approximate surface area is 88.6 Å². The molecule has 0 aliphatic carbocycles. The van der Waals surface area contributed by atoms with Crippen LogP contribution in [0.2, 0.25) is 0 Å². The number of nitrogens with zero attached hydrogens (tertiary/aromatic N) is 2. The van der Waals surface area contributed by atoms with E-state index in [9.17, 15) is 9.90 Å². The zero-order valence-corrected chi connectivity index (χ0v) is 8.47. The van der Waals surface area contributed by atoms with Crippen LogP contribution in [0.5, 0.6) is 0 Å². The number of likely N-dealkylation sites (tertiary alicyclic amines) is 1. The molecule has 1 aliphatic rings. The molecule has 1 saturated heterocycles. The van der Waals surface area contributed by atoms with Crippen LogP contribution in [0.25, 0.3) is 0 Å². The van der Waals surface area contributed by atoms with E-state index in [2.05, 4.69) is 4.98 Å². The van der Waals surface area contributed by atoms with Crippen molar-refractivity contribution in [3.63, 3.8) is 0 Å². The first-order valence-electron chi connectivity index (χ1n) is 5.10. The van der Waals surface area contributed by atoms with Crippen LogP contribution in [0.1, 0.15) is 16.9 Å². The standard InChI is InChI=1S/C11H14N2O2/c14-9-4-6-13(7-9)8-11(15)10-3-1-2-5-12-10/h1-3,5,9,14H,4,6-8H2/t9-/m1/s1. The molecule has 0 saturated carbocycles. The zero-order chi connectivity index (χ0) is 10.7. The Morgan fingerprint density at radius 1 is 1.60 bits per heavy atom. The van der Waals surface area contributed by atoms with E-state index in [0.29, 0.717) is 18.8 Å². The number of carbonyl (C=O) groups excluding carboxylic acids is 1. The minimum absolute atomic E-state index is 0.0182. The quantitative estimate of drug-likeness (QED) is 0.724. The molecule has 0 spiro atoms. The Kier molecular flexibility index (Phi) is 3.08. The van der Waals surface area contributed by atoms with Gasteiger partial charge in [0.1, 0.15) is 5.69 Å².